The first-order chi connectivity index (χ1) is 34.7. The Kier molecular flexibility index (Phi) is 8.96. The van der Waals surface area contributed by atoms with E-state index in [1.807, 2.05) is 103 Å². The van der Waals surface area contributed by atoms with Gasteiger partial charge in [0.05, 0.1) is 55.2 Å². The van der Waals surface area contributed by atoms with Crippen molar-refractivity contribution in [3.05, 3.63) is 231 Å². The van der Waals surface area contributed by atoms with E-state index in [-0.39, 0.29) is 0 Å². The zero-order valence-electron chi connectivity index (χ0n) is 37.4. The molecule has 6 heterocycles. The van der Waals surface area contributed by atoms with Gasteiger partial charge in [0.2, 0.25) is 23.5 Å². The van der Waals surface area contributed by atoms with Crippen molar-refractivity contribution in [3.8, 4) is 45.3 Å². The Morgan fingerprint density at radius 2 is 0.614 bits per heavy atom. The zero-order valence-corrected chi connectivity index (χ0v) is 37.4. The summed E-state index contributed by atoms with van der Waals surface area (Å²) >= 11 is 0. The van der Waals surface area contributed by atoms with Gasteiger partial charge < -0.3 is 0 Å². The van der Waals surface area contributed by atoms with E-state index in [9.17, 15) is 0 Å². The van der Waals surface area contributed by atoms with Crippen LogP contribution in [0, 0.1) is 0 Å². The number of imidazole rings is 4. The second-order valence-electron chi connectivity index (χ2n) is 17.3. The highest BCUT2D eigenvalue weighted by molar-refractivity contribution is 5.96. The molecular weight excluding hydrogens is 861 g/mol. The zero-order chi connectivity index (χ0) is 46.1. The van der Waals surface area contributed by atoms with Crippen LogP contribution in [-0.4, -0.2) is 47.8 Å². The molecule has 0 N–H and O–H groups in total. The average molecular weight is 899 g/mol. The fourth-order valence-electron chi connectivity index (χ4n) is 9.81. The summed E-state index contributed by atoms with van der Waals surface area (Å²) in [6.07, 6.45) is 3.76. The van der Waals surface area contributed by atoms with Crippen molar-refractivity contribution in [2.75, 3.05) is 0 Å². The monoisotopic (exact) mass is 898 g/mol. The summed E-state index contributed by atoms with van der Waals surface area (Å²) in [6.45, 7) is 0. The summed E-state index contributed by atoms with van der Waals surface area (Å²) < 4.78 is 8.53. The molecule has 0 aliphatic carbocycles. The molecule has 10 nitrogen and oxygen atoms in total. The molecule has 0 unspecified atom stereocenters. The number of aromatic nitrogens is 10. The maximum absolute atomic E-state index is 5.00. The average Bonchev–Trinajstić information content (AvgIpc) is 4.17. The summed E-state index contributed by atoms with van der Waals surface area (Å²) in [5.74, 6) is 2.83. The number of hydrogen-bond donors (Lipinski definition) is 0. The molecule has 0 spiro atoms. The van der Waals surface area contributed by atoms with Gasteiger partial charge >= 0.3 is 0 Å². The molecule has 9 aromatic carbocycles. The third-order valence-corrected chi connectivity index (χ3v) is 13.2. The molecule has 0 saturated heterocycles. The van der Waals surface area contributed by atoms with Crippen LogP contribution in [0.3, 0.4) is 0 Å². The maximum atomic E-state index is 5.00. The Morgan fingerprint density at radius 1 is 0.257 bits per heavy atom. The van der Waals surface area contributed by atoms with Crippen LogP contribution in [0.1, 0.15) is 0 Å². The van der Waals surface area contributed by atoms with Gasteiger partial charge in [-0.15, -0.1) is 0 Å². The predicted molar refractivity (Wildman–Crippen MR) is 282 cm³/mol. The van der Waals surface area contributed by atoms with E-state index in [0.29, 0.717) is 11.9 Å². The Hall–Kier alpha value is -9.80. The summed E-state index contributed by atoms with van der Waals surface area (Å²) in [6, 6.07) is 75.3. The molecule has 0 fully saturated rings. The number of nitrogens with zero attached hydrogens (tertiary/aromatic N) is 10. The fourth-order valence-corrected chi connectivity index (χ4v) is 9.81. The normalized spacial score (nSPS) is 11.7. The lowest BCUT2D eigenvalue weighted by Gasteiger charge is -2.07. The van der Waals surface area contributed by atoms with Crippen LogP contribution in [-0.2, 0) is 0 Å². The molecular formula is C60H38N10. The van der Waals surface area contributed by atoms with E-state index in [2.05, 4.69) is 145 Å². The Labute approximate surface area is 399 Å². The molecule has 0 saturated carbocycles. The van der Waals surface area contributed by atoms with Gasteiger partial charge in [-0.05, 0) is 94.0 Å². The standard InChI is InChI=1S/C33H21N5.C27H17N5/c1-2-8-22(9-3-1)23-14-16-24(17-15-23)25-18-19-30-31(20-25)37-29-13-7-6-12-28(29)36-33(37)38(30)32-34-21-26-10-4-5-11-27(26)35-32;1-2-8-18(9-3-1)19-14-15-24-25(16-19)31-23-13-7-6-12-22(23)30-27(31)32(24)26-28-17-20-10-4-5-11-21(20)29-26/h1-21H;1-17H. The van der Waals surface area contributed by atoms with Crippen molar-refractivity contribution >= 4 is 77.5 Å². The minimum atomic E-state index is 0.610. The topological polar surface area (TPSA) is 96.0 Å². The SMILES string of the molecule is c1ccc(-c2ccc(-c3ccc4c(c3)n3c5ccccc5nc3n4-c3ncc4ccccc4n3)cc2)cc1.c1ccc(-c2ccc3c(c2)n2c4ccccc4nc2n3-c2ncc3ccccc3n2)cc1. The highest BCUT2D eigenvalue weighted by atomic mass is 15.3. The minimum Gasteiger partial charge on any atom is -0.276 e. The number of benzene rings is 9. The van der Waals surface area contributed by atoms with Crippen LogP contribution in [0.2, 0.25) is 0 Å². The largest absolute Gasteiger partial charge is 0.276 e. The molecule has 70 heavy (non-hydrogen) atoms. The van der Waals surface area contributed by atoms with Crippen LogP contribution < -0.4 is 0 Å². The molecule has 15 aromatic rings. The first-order valence-electron chi connectivity index (χ1n) is 23.2. The van der Waals surface area contributed by atoms with Crippen LogP contribution in [0.5, 0.6) is 0 Å². The molecule has 328 valence electrons. The lowest BCUT2D eigenvalue weighted by molar-refractivity contribution is 0.983. The Bertz CT molecular complexity index is 4470. The summed E-state index contributed by atoms with van der Waals surface area (Å²) in [5, 5.41) is 2.03. The van der Waals surface area contributed by atoms with Crippen molar-refractivity contribution < 1.29 is 0 Å². The van der Waals surface area contributed by atoms with Gasteiger partial charge in [-0.25, -0.2) is 39.0 Å². The van der Waals surface area contributed by atoms with Gasteiger partial charge in [0.15, 0.2) is 0 Å². The molecule has 0 radical (unpaired) electrons. The minimum absolute atomic E-state index is 0.610. The van der Waals surface area contributed by atoms with Crippen LogP contribution in [0.4, 0.5) is 0 Å². The van der Waals surface area contributed by atoms with Crippen molar-refractivity contribution in [3.63, 3.8) is 0 Å². The quantitative estimate of drug-likeness (QED) is 0.171. The molecule has 6 aromatic heterocycles. The molecule has 0 bridgehead atoms. The maximum Gasteiger partial charge on any atom is 0.237 e. The van der Waals surface area contributed by atoms with Crippen LogP contribution in [0.15, 0.2) is 231 Å². The lowest BCUT2D eigenvalue weighted by Crippen LogP contribution is -2.01. The van der Waals surface area contributed by atoms with Crippen molar-refractivity contribution in [1.82, 2.24) is 47.8 Å². The van der Waals surface area contributed by atoms with Crippen molar-refractivity contribution in [2.24, 2.45) is 0 Å². The van der Waals surface area contributed by atoms with Crippen LogP contribution >= 0.6 is 0 Å². The fraction of sp³-hybridized carbons (Fsp3) is 0. The van der Waals surface area contributed by atoms with E-state index < -0.39 is 0 Å². The first-order valence-corrected chi connectivity index (χ1v) is 23.2. The Balaban J connectivity index is 0.000000133. The molecule has 10 heteroatoms. The molecule has 0 amide bonds. The van der Waals surface area contributed by atoms with Gasteiger partial charge in [0, 0.05) is 23.2 Å². The summed E-state index contributed by atoms with van der Waals surface area (Å²) in [7, 11) is 0. The molecule has 0 aliphatic rings. The van der Waals surface area contributed by atoms with E-state index in [1.54, 1.807) is 0 Å². The van der Waals surface area contributed by atoms with Gasteiger partial charge in [0.25, 0.3) is 0 Å². The van der Waals surface area contributed by atoms with Gasteiger partial charge in [-0.3, -0.25) is 8.80 Å². The Morgan fingerprint density at radius 3 is 1.09 bits per heavy atom. The molecule has 0 atom stereocenters. The lowest BCUT2D eigenvalue weighted by atomic mass is 10.00. The second kappa shape index (κ2) is 15.9. The van der Waals surface area contributed by atoms with Crippen molar-refractivity contribution in [1.29, 1.82) is 0 Å². The molecule has 0 aliphatic heterocycles. The van der Waals surface area contributed by atoms with Gasteiger partial charge in [-0.2, -0.15) is 0 Å². The van der Waals surface area contributed by atoms with E-state index in [1.165, 1.54) is 22.3 Å². The van der Waals surface area contributed by atoms with Gasteiger partial charge in [-0.1, -0.05) is 158 Å². The molecule has 15 rings (SSSR count). The van der Waals surface area contributed by atoms with Gasteiger partial charge in [0.1, 0.15) is 0 Å². The smallest absolute Gasteiger partial charge is 0.237 e. The number of rotatable bonds is 5. The number of para-hydroxylation sites is 6. The van der Waals surface area contributed by atoms with E-state index in [0.717, 1.165) is 88.6 Å². The predicted octanol–water partition coefficient (Wildman–Crippen LogP) is 13.8. The first kappa shape index (κ1) is 39.4. The van der Waals surface area contributed by atoms with Crippen molar-refractivity contribution in [2.45, 2.75) is 0 Å². The van der Waals surface area contributed by atoms with Crippen LogP contribution in [0.25, 0.3) is 123 Å². The summed E-state index contributed by atoms with van der Waals surface area (Å²) in [4.78, 5) is 29.2. The summed E-state index contributed by atoms with van der Waals surface area (Å²) in [5.41, 5.74) is 17.1. The highest BCUT2D eigenvalue weighted by Gasteiger charge is 2.21. The number of fused-ring (bicyclic) bond motifs is 12. The number of hydrogen-bond acceptors (Lipinski definition) is 6. The third kappa shape index (κ3) is 6.42. The van der Waals surface area contributed by atoms with E-state index >= 15 is 0 Å². The third-order valence-electron chi connectivity index (χ3n) is 13.2. The van der Waals surface area contributed by atoms with E-state index in [4.69, 9.17) is 29.9 Å². The highest BCUT2D eigenvalue weighted by Crippen LogP contribution is 2.35. The second-order valence-corrected chi connectivity index (χ2v) is 17.3.